The van der Waals surface area contributed by atoms with Crippen molar-refractivity contribution in [1.29, 1.82) is 0 Å². The van der Waals surface area contributed by atoms with Crippen molar-refractivity contribution < 1.29 is 19.4 Å². The monoisotopic (exact) mass is 419 g/mol. The predicted octanol–water partition coefficient (Wildman–Crippen LogP) is 2.31. The topological polar surface area (TPSA) is 140 Å². The van der Waals surface area contributed by atoms with Gasteiger partial charge in [0.25, 0.3) is 0 Å². The van der Waals surface area contributed by atoms with E-state index in [1.54, 1.807) is 37.7 Å². The molecule has 0 radical (unpaired) electrons. The first kappa shape index (κ1) is 20.3. The second-order valence-corrected chi connectivity index (χ2v) is 7.23. The average molecular weight is 419 g/mol. The molecule has 0 fully saturated rings. The molecule has 0 aliphatic heterocycles. The van der Waals surface area contributed by atoms with Crippen LogP contribution in [-0.2, 0) is 12.8 Å². The molecule has 0 spiro atoms. The van der Waals surface area contributed by atoms with E-state index in [1.165, 1.54) is 6.07 Å². The Kier molecular flexibility index (Phi) is 5.48. The van der Waals surface area contributed by atoms with Crippen LogP contribution >= 0.6 is 0 Å². The molecular formula is C22H21N5O4. The summed E-state index contributed by atoms with van der Waals surface area (Å²) in [6.45, 7) is 0. The Labute approximate surface area is 178 Å². The summed E-state index contributed by atoms with van der Waals surface area (Å²) in [6, 6.07) is 8.54. The molecule has 1 aromatic carbocycles. The predicted molar refractivity (Wildman–Crippen MR) is 113 cm³/mol. The fourth-order valence-electron chi connectivity index (χ4n) is 3.84. The number of fused-ring (bicyclic) bond motifs is 1. The number of aryl methyl sites for hydroxylation is 1. The molecule has 4 rings (SSSR count). The molecule has 1 aliphatic rings. The molecule has 2 heterocycles. The van der Waals surface area contributed by atoms with Crippen LogP contribution in [0.4, 0.5) is 5.95 Å². The van der Waals surface area contributed by atoms with E-state index in [4.69, 9.17) is 10.5 Å². The lowest BCUT2D eigenvalue weighted by Crippen LogP contribution is -2.31. The van der Waals surface area contributed by atoms with E-state index >= 15 is 0 Å². The number of carboxylic acids is 1. The van der Waals surface area contributed by atoms with Gasteiger partial charge in [-0.25, -0.2) is 19.7 Å². The molecule has 31 heavy (non-hydrogen) atoms. The van der Waals surface area contributed by atoms with Crippen molar-refractivity contribution in [3.8, 4) is 17.1 Å². The highest BCUT2D eigenvalue weighted by Crippen LogP contribution is 2.29. The van der Waals surface area contributed by atoms with Gasteiger partial charge in [-0.2, -0.15) is 0 Å². The van der Waals surface area contributed by atoms with Gasteiger partial charge < -0.3 is 20.9 Å². The zero-order valence-corrected chi connectivity index (χ0v) is 16.8. The van der Waals surface area contributed by atoms with Crippen molar-refractivity contribution in [2.75, 3.05) is 12.4 Å². The maximum Gasteiger partial charge on any atom is 0.336 e. The molecule has 1 unspecified atom stereocenters. The number of nitrogens with two attached hydrogens (primary N) is 1. The molecule has 0 saturated heterocycles. The van der Waals surface area contributed by atoms with Crippen LogP contribution < -0.4 is 15.8 Å². The summed E-state index contributed by atoms with van der Waals surface area (Å²) in [4.78, 5) is 36.6. The van der Waals surface area contributed by atoms with Gasteiger partial charge in [0.1, 0.15) is 0 Å². The second-order valence-electron chi connectivity index (χ2n) is 7.23. The van der Waals surface area contributed by atoms with Gasteiger partial charge >= 0.3 is 5.97 Å². The third-order valence-corrected chi connectivity index (χ3v) is 5.33. The Hall–Kier alpha value is -4.01. The van der Waals surface area contributed by atoms with E-state index in [1.807, 2.05) is 6.07 Å². The van der Waals surface area contributed by atoms with E-state index < -0.39 is 11.9 Å². The highest BCUT2D eigenvalue weighted by molar-refractivity contribution is 6.05. The molecule has 1 atom stereocenters. The fraction of sp³-hybridized carbons (Fsp3) is 0.227. The first-order valence-corrected chi connectivity index (χ1v) is 9.74. The molecule has 0 saturated carbocycles. The van der Waals surface area contributed by atoms with Crippen LogP contribution in [-0.4, -0.2) is 45.1 Å². The van der Waals surface area contributed by atoms with Crippen LogP contribution in [0.25, 0.3) is 11.3 Å². The van der Waals surface area contributed by atoms with Gasteiger partial charge in [0.05, 0.1) is 23.9 Å². The van der Waals surface area contributed by atoms with E-state index in [0.29, 0.717) is 35.9 Å². The van der Waals surface area contributed by atoms with Gasteiger partial charge in [0.2, 0.25) is 17.7 Å². The zero-order chi connectivity index (χ0) is 22.0. The number of carbonyl (C=O) groups excluding carboxylic acids is 1. The molecule has 1 aliphatic carbocycles. The van der Waals surface area contributed by atoms with Crippen LogP contribution in [0, 0.1) is 0 Å². The number of rotatable bonds is 6. The molecule has 2 aromatic heterocycles. The average Bonchev–Trinajstić information content (AvgIpc) is 2.78. The van der Waals surface area contributed by atoms with E-state index in [2.05, 4.69) is 20.3 Å². The van der Waals surface area contributed by atoms with Gasteiger partial charge in [-0.1, -0.05) is 6.07 Å². The van der Waals surface area contributed by atoms with Crippen molar-refractivity contribution in [3.63, 3.8) is 0 Å². The van der Waals surface area contributed by atoms with Crippen molar-refractivity contribution in [2.24, 2.45) is 5.73 Å². The number of primary amides is 1. The van der Waals surface area contributed by atoms with Crippen molar-refractivity contribution in [3.05, 3.63) is 65.0 Å². The minimum Gasteiger partial charge on any atom is -0.481 e. The summed E-state index contributed by atoms with van der Waals surface area (Å²) in [6.07, 6.45) is 5.26. The van der Waals surface area contributed by atoms with Gasteiger partial charge in [-0.05, 0) is 48.6 Å². The lowest BCUT2D eigenvalue weighted by molar-refractivity contribution is 0.0691. The number of nitrogens with one attached hydrogen (secondary N) is 1. The number of carbonyl (C=O) groups is 2. The summed E-state index contributed by atoms with van der Waals surface area (Å²) in [5.41, 5.74) is 8.66. The molecule has 0 bridgehead atoms. The highest BCUT2D eigenvalue weighted by atomic mass is 16.5. The van der Waals surface area contributed by atoms with Crippen LogP contribution in [0.3, 0.4) is 0 Å². The maximum atomic E-state index is 12.0. The zero-order valence-electron chi connectivity index (χ0n) is 16.8. The highest BCUT2D eigenvalue weighted by Gasteiger charge is 2.27. The maximum absolute atomic E-state index is 12.0. The Morgan fingerprint density at radius 2 is 2.03 bits per heavy atom. The Balaban J connectivity index is 1.58. The van der Waals surface area contributed by atoms with Crippen molar-refractivity contribution in [1.82, 2.24) is 15.0 Å². The molecule has 158 valence electrons. The quantitative estimate of drug-likeness (QED) is 0.553. The first-order valence-electron chi connectivity index (χ1n) is 9.74. The number of nitrogens with zero attached hydrogens (tertiary/aromatic N) is 3. The minimum absolute atomic E-state index is 0.0705. The summed E-state index contributed by atoms with van der Waals surface area (Å²) >= 11 is 0. The number of pyridine rings is 1. The standard InChI is InChI=1S/C22H21N5O4/c1-31-18-7-4-13(11-25-18)17-8-9-24-22(27-17)26-14-5-2-12-3-6-15(21(29)30)19(20(23)28)16(12)10-14/h3-4,6-9,11,14H,2,5,10H2,1H3,(H2,23,28)(H,29,30)(H,24,26,27). The number of hydrogen-bond acceptors (Lipinski definition) is 7. The molecule has 9 nitrogen and oxygen atoms in total. The number of amides is 1. The van der Waals surface area contributed by atoms with Crippen molar-refractivity contribution in [2.45, 2.75) is 25.3 Å². The number of carboxylic acid groups (broad SMARTS) is 1. The van der Waals surface area contributed by atoms with Crippen LogP contribution in [0.5, 0.6) is 5.88 Å². The number of methoxy groups -OCH3 is 1. The first-order chi connectivity index (χ1) is 15.0. The van der Waals surface area contributed by atoms with Crippen molar-refractivity contribution >= 4 is 17.8 Å². The fourth-order valence-corrected chi connectivity index (χ4v) is 3.84. The molecule has 9 heteroatoms. The Morgan fingerprint density at radius 1 is 1.19 bits per heavy atom. The number of anilines is 1. The van der Waals surface area contributed by atoms with E-state index in [0.717, 1.165) is 17.5 Å². The van der Waals surface area contributed by atoms with Gasteiger partial charge in [-0.3, -0.25) is 4.79 Å². The number of hydrogen-bond donors (Lipinski definition) is 3. The van der Waals surface area contributed by atoms with E-state index in [-0.39, 0.29) is 17.2 Å². The number of benzene rings is 1. The third-order valence-electron chi connectivity index (χ3n) is 5.33. The summed E-state index contributed by atoms with van der Waals surface area (Å²) in [5.74, 6) is -0.948. The number of aromatic nitrogens is 3. The Morgan fingerprint density at radius 3 is 2.71 bits per heavy atom. The summed E-state index contributed by atoms with van der Waals surface area (Å²) < 4.78 is 5.08. The molecule has 4 N–H and O–H groups in total. The Bertz CT molecular complexity index is 1150. The summed E-state index contributed by atoms with van der Waals surface area (Å²) in [5, 5.41) is 12.7. The molecule has 1 amide bonds. The number of ether oxygens (including phenoxy) is 1. The number of aromatic carboxylic acids is 1. The summed E-state index contributed by atoms with van der Waals surface area (Å²) in [7, 11) is 1.56. The van der Waals surface area contributed by atoms with Gasteiger partial charge in [0.15, 0.2) is 0 Å². The normalized spacial score (nSPS) is 15.1. The lowest BCUT2D eigenvalue weighted by Gasteiger charge is -2.27. The van der Waals surface area contributed by atoms with Gasteiger partial charge in [0, 0.05) is 30.1 Å². The largest absolute Gasteiger partial charge is 0.481 e. The van der Waals surface area contributed by atoms with E-state index in [9.17, 15) is 14.7 Å². The second kappa shape index (κ2) is 8.39. The molecular weight excluding hydrogens is 398 g/mol. The van der Waals surface area contributed by atoms with Crippen LogP contribution in [0.15, 0.2) is 42.7 Å². The lowest BCUT2D eigenvalue weighted by atomic mass is 9.83. The smallest absolute Gasteiger partial charge is 0.336 e. The van der Waals surface area contributed by atoms with Crippen LogP contribution in [0.2, 0.25) is 0 Å². The van der Waals surface area contributed by atoms with Gasteiger partial charge in [-0.15, -0.1) is 0 Å². The molecule has 3 aromatic rings. The third kappa shape index (κ3) is 4.16. The minimum atomic E-state index is -1.17. The SMILES string of the molecule is COc1ccc(-c2ccnc(NC3CCc4ccc(C(=O)O)c(C(N)=O)c4C3)n2)cn1. The van der Waals surface area contributed by atoms with Crippen LogP contribution in [0.1, 0.15) is 38.3 Å².